The molecular weight excluding hydrogens is 170 g/mol. The van der Waals surface area contributed by atoms with Gasteiger partial charge in [0.25, 0.3) is 0 Å². The zero-order valence-corrected chi connectivity index (χ0v) is 9.03. The van der Waals surface area contributed by atoms with Crippen molar-refractivity contribution in [2.45, 2.75) is 32.7 Å². The lowest BCUT2D eigenvalue weighted by Gasteiger charge is -2.04. The first-order valence-corrected chi connectivity index (χ1v) is 5.16. The smallest absolute Gasteiger partial charge is 0.00135 e. The molecule has 76 valence electrons. The molecule has 0 aliphatic rings. The molecule has 0 aliphatic heterocycles. The molecule has 14 heavy (non-hydrogen) atoms. The van der Waals surface area contributed by atoms with E-state index in [0.29, 0.717) is 6.04 Å². The van der Waals surface area contributed by atoms with E-state index < -0.39 is 0 Å². The summed E-state index contributed by atoms with van der Waals surface area (Å²) in [6.45, 7) is 4.21. The van der Waals surface area contributed by atoms with Gasteiger partial charge >= 0.3 is 0 Å². The van der Waals surface area contributed by atoms with E-state index in [2.05, 4.69) is 44.2 Å². The van der Waals surface area contributed by atoms with Gasteiger partial charge in [0.1, 0.15) is 0 Å². The molecule has 0 fully saturated rings. The highest BCUT2D eigenvalue weighted by atomic mass is 14.6. The maximum absolute atomic E-state index is 5.71. The molecule has 1 unspecified atom stereocenters. The Balaban J connectivity index is 2.52. The highest BCUT2D eigenvalue weighted by molar-refractivity contribution is 5.51. The molecule has 0 spiro atoms. The maximum Gasteiger partial charge on any atom is 0.00135 e. The summed E-state index contributed by atoms with van der Waals surface area (Å²) in [4.78, 5) is 0. The Morgan fingerprint density at radius 2 is 2.00 bits per heavy atom. The summed E-state index contributed by atoms with van der Waals surface area (Å²) in [5.41, 5.74) is 8.38. The predicted octanol–water partition coefficient (Wildman–Crippen LogP) is 3.22. The van der Waals surface area contributed by atoms with E-state index in [1.54, 1.807) is 0 Å². The Labute approximate surface area is 86.6 Å². The van der Waals surface area contributed by atoms with Crippen LogP contribution in [-0.4, -0.2) is 6.04 Å². The SMILES string of the molecule is C/C(=C\c1ccccc1)CCC(C)N. The van der Waals surface area contributed by atoms with Crippen molar-refractivity contribution in [3.63, 3.8) is 0 Å². The van der Waals surface area contributed by atoms with Gasteiger partial charge in [0.2, 0.25) is 0 Å². The van der Waals surface area contributed by atoms with Gasteiger partial charge in [-0.15, -0.1) is 0 Å². The normalized spacial score (nSPS) is 14.1. The molecule has 0 bridgehead atoms. The standard InChI is InChI=1S/C13H19N/c1-11(8-9-12(2)14)10-13-6-4-3-5-7-13/h3-7,10,12H,8-9,14H2,1-2H3/b11-10+. The minimum atomic E-state index is 0.300. The van der Waals surface area contributed by atoms with Crippen molar-refractivity contribution >= 4 is 6.08 Å². The van der Waals surface area contributed by atoms with E-state index in [0.717, 1.165) is 12.8 Å². The van der Waals surface area contributed by atoms with Crippen molar-refractivity contribution in [1.82, 2.24) is 0 Å². The average molecular weight is 189 g/mol. The lowest BCUT2D eigenvalue weighted by molar-refractivity contribution is 0.664. The van der Waals surface area contributed by atoms with E-state index in [9.17, 15) is 0 Å². The fourth-order valence-corrected chi connectivity index (χ4v) is 1.36. The van der Waals surface area contributed by atoms with Crippen LogP contribution < -0.4 is 5.73 Å². The Bertz CT molecular complexity index is 285. The molecule has 0 radical (unpaired) electrons. The number of rotatable bonds is 4. The number of allylic oxidation sites excluding steroid dienone is 1. The zero-order valence-electron chi connectivity index (χ0n) is 9.03. The zero-order chi connectivity index (χ0) is 10.4. The van der Waals surface area contributed by atoms with Crippen LogP contribution in [-0.2, 0) is 0 Å². The first-order valence-electron chi connectivity index (χ1n) is 5.16. The number of hydrogen-bond acceptors (Lipinski definition) is 1. The van der Waals surface area contributed by atoms with Gasteiger partial charge in [0.05, 0.1) is 0 Å². The van der Waals surface area contributed by atoms with Crippen LogP contribution in [0, 0.1) is 0 Å². The minimum Gasteiger partial charge on any atom is -0.328 e. The molecule has 1 aromatic carbocycles. The number of hydrogen-bond donors (Lipinski definition) is 1. The predicted molar refractivity (Wildman–Crippen MR) is 63.0 cm³/mol. The fourth-order valence-electron chi connectivity index (χ4n) is 1.36. The molecule has 1 nitrogen and oxygen atoms in total. The molecule has 2 N–H and O–H groups in total. The van der Waals surface area contributed by atoms with Crippen molar-refractivity contribution in [3.8, 4) is 0 Å². The van der Waals surface area contributed by atoms with Crippen LogP contribution in [0.5, 0.6) is 0 Å². The van der Waals surface area contributed by atoms with E-state index in [4.69, 9.17) is 5.73 Å². The van der Waals surface area contributed by atoms with Gasteiger partial charge in [0, 0.05) is 6.04 Å². The quantitative estimate of drug-likeness (QED) is 0.773. The molecule has 0 saturated carbocycles. The van der Waals surface area contributed by atoms with E-state index >= 15 is 0 Å². The molecule has 1 aromatic rings. The molecule has 0 amide bonds. The van der Waals surface area contributed by atoms with Crippen LogP contribution in [0.4, 0.5) is 0 Å². The third-order valence-corrected chi connectivity index (χ3v) is 2.21. The largest absolute Gasteiger partial charge is 0.328 e. The van der Waals surface area contributed by atoms with Crippen LogP contribution in [0.2, 0.25) is 0 Å². The van der Waals surface area contributed by atoms with Gasteiger partial charge in [-0.2, -0.15) is 0 Å². The maximum atomic E-state index is 5.71. The summed E-state index contributed by atoms with van der Waals surface area (Å²) in [6.07, 6.45) is 4.38. The van der Waals surface area contributed by atoms with Gasteiger partial charge in [-0.05, 0) is 32.3 Å². The van der Waals surface area contributed by atoms with Gasteiger partial charge in [-0.25, -0.2) is 0 Å². The number of benzene rings is 1. The molecule has 1 heteroatoms. The Kier molecular flexibility index (Phi) is 4.41. The number of nitrogens with two attached hydrogens (primary N) is 1. The molecule has 0 saturated heterocycles. The minimum absolute atomic E-state index is 0.300. The first kappa shape index (κ1) is 11.0. The fraction of sp³-hybridized carbons (Fsp3) is 0.385. The van der Waals surface area contributed by atoms with Gasteiger partial charge in [0.15, 0.2) is 0 Å². The summed E-state index contributed by atoms with van der Waals surface area (Å²) >= 11 is 0. The van der Waals surface area contributed by atoms with Crippen molar-refractivity contribution in [2.24, 2.45) is 5.73 Å². The summed E-state index contributed by atoms with van der Waals surface area (Å²) in [6, 6.07) is 10.7. The summed E-state index contributed by atoms with van der Waals surface area (Å²) in [7, 11) is 0. The van der Waals surface area contributed by atoms with Crippen LogP contribution in [0.25, 0.3) is 6.08 Å². The van der Waals surface area contributed by atoms with E-state index in [-0.39, 0.29) is 0 Å². The van der Waals surface area contributed by atoms with Crippen molar-refractivity contribution in [3.05, 3.63) is 41.5 Å². The second kappa shape index (κ2) is 5.61. The average Bonchev–Trinajstić information content (AvgIpc) is 2.16. The van der Waals surface area contributed by atoms with Crippen LogP contribution in [0.15, 0.2) is 35.9 Å². The van der Waals surface area contributed by atoms with Gasteiger partial charge in [-0.1, -0.05) is 42.0 Å². The van der Waals surface area contributed by atoms with Crippen LogP contribution in [0.1, 0.15) is 32.3 Å². The highest BCUT2D eigenvalue weighted by Crippen LogP contribution is 2.11. The Morgan fingerprint density at radius 3 is 2.57 bits per heavy atom. The molecule has 0 aromatic heterocycles. The second-order valence-corrected chi connectivity index (χ2v) is 3.92. The van der Waals surface area contributed by atoms with Crippen LogP contribution in [0.3, 0.4) is 0 Å². The molecular formula is C13H19N. The first-order chi connectivity index (χ1) is 6.68. The lowest BCUT2D eigenvalue weighted by atomic mass is 10.1. The topological polar surface area (TPSA) is 26.0 Å². The molecule has 1 atom stereocenters. The summed E-state index contributed by atoms with van der Waals surface area (Å²) < 4.78 is 0. The van der Waals surface area contributed by atoms with E-state index in [1.807, 2.05) is 6.07 Å². The summed E-state index contributed by atoms with van der Waals surface area (Å²) in [5.74, 6) is 0. The molecule has 0 aliphatic carbocycles. The Hall–Kier alpha value is -1.08. The van der Waals surface area contributed by atoms with Crippen LogP contribution >= 0.6 is 0 Å². The second-order valence-electron chi connectivity index (χ2n) is 3.92. The molecule has 1 rings (SSSR count). The molecule has 0 heterocycles. The van der Waals surface area contributed by atoms with Gasteiger partial charge in [-0.3, -0.25) is 0 Å². The van der Waals surface area contributed by atoms with Crippen molar-refractivity contribution in [2.75, 3.05) is 0 Å². The highest BCUT2D eigenvalue weighted by Gasteiger charge is 1.95. The van der Waals surface area contributed by atoms with Gasteiger partial charge < -0.3 is 5.73 Å². The van der Waals surface area contributed by atoms with Crippen molar-refractivity contribution < 1.29 is 0 Å². The third kappa shape index (κ3) is 4.24. The van der Waals surface area contributed by atoms with E-state index in [1.165, 1.54) is 11.1 Å². The van der Waals surface area contributed by atoms with Crippen molar-refractivity contribution in [1.29, 1.82) is 0 Å². The summed E-state index contributed by atoms with van der Waals surface area (Å²) in [5, 5.41) is 0. The monoisotopic (exact) mass is 189 g/mol. The third-order valence-electron chi connectivity index (χ3n) is 2.21. The lowest BCUT2D eigenvalue weighted by Crippen LogP contribution is -2.14. The Morgan fingerprint density at radius 1 is 1.36 bits per heavy atom.